The van der Waals surface area contributed by atoms with Crippen LogP contribution in [0.15, 0.2) is 0 Å². The number of esters is 1. The minimum atomic E-state index is -0.330. The van der Waals surface area contributed by atoms with E-state index in [0.717, 1.165) is 23.1 Å². The Morgan fingerprint density at radius 1 is 1.47 bits per heavy atom. The Hall–Kier alpha value is -1.14. The van der Waals surface area contributed by atoms with Gasteiger partial charge in [0.1, 0.15) is 0 Å². The third kappa shape index (κ3) is 3.91. The van der Waals surface area contributed by atoms with E-state index < -0.39 is 0 Å². The van der Waals surface area contributed by atoms with Crippen LogP contribution in [0.4, 0.5) is 5.13 Å². The lowest BCUT2D eigenvalue weighted by Gasteiger charge is -2.14. The van der Waals surface area contributed by atoms with Gasteiger partial charge in [0, 0.05) is 18.0 Å². The zero-order valence-corrected chi connectivity index (χ0v) is 12.4. The smallest absolute Gasteiger partial charge is 0.358 e. The molecule has 106 valence electrons. The number of hydrogen-bond acceptors (Lipinski definition) is 6. The number of carbonyl (C=O) groups is 1. The van der Waals surface area contributed by atoms with Crippen LogP contribution in [-0.4, -0.2) is 48.6 Å². The van der Waals surface area contributed by atoms with Crippen molar-refractivity contribution in [2.45, 2.75) is 26.7 Å². The van der Waals surface area contributed by atoms with Crippen molar-refractivity contribution in [3.63, 3.8) is 0 Å². The van der Waals surface area contributed by atoms with Gasteiger partial charge in [-0.3, -0.25) is 0 Å². The van der Waals surface area contributed by atoms with E-state index >= 15 is 0 Å². The average Bonchev–Trinajstić information content (AvgIpc) is 2.99. The van der Waals surface area contributed by atoms with Crippen molar-refractivity contribution in [2.24, 2.45) is 0 Å². The molecule has 0 aromatic carbocycles. The van der Waals surface area contributed by atoms with Crippen molar-refractivity contribution < 1.29 is 9.53 Å². The summed E-state index contributed by atoms with van der Waals surface area (Å²) < 4.78 is 4.98. The van der Waals surface area contributed by atoms with Crippen LogP contribution in [0.5, 0.6) is 0 Å². The first-order valence-electron chi connectivity index (χ1n) is 6.81. The number of nitrogens with zero attached hydrogens (tertiary/aromatic N) is 2. The first-order valence-corrected chi connectivity index (χ1v) is 7.63. The Bertz CT molecular complexity index is 428. The van der Waals surface area contributed by atoms with Crippen molar-refractivity contribution in [3.8, 4) is 0 Å². The molecule has 0 unspecified atom stereocenters. The molecule has 6 heteroatoms. The fraction of sp³-hybridized carbons (Fsp3) is 0.692. The van der Waals surface area contributed by atoms with Gasteiger partial charge in [0.05, 0.1) is 6.61 Å². The molecular formula is C13H21N3O2S. The molecule has 0 spiro atoms. The van der Waals surface area contributed by atoms with Gasteiger partial charge in [0.2, 0.25) is 0 Å². The minimum Gasteiger partial charge on any atom is -0.461 e. The molecule has 1 aliphatic heterocycles. The third-order valence-corrected chi connectivity index (χ3v) is 4.10. The van der Waals surface area contributed by atoms with Crippen molar-refractivity contribution >= 4 is 22.4 Å². The van der Waals surface area contributed by atoms with E-state index in [1.807, 2.05) is 6.92 Å². The number of anilines is 1. The zero-order valence-electron chi connectivity index (χ0n) is 11.6. The highest BCUT2D eigenvalue weighted by Crippen LogP contribution is 2.22. The molecule has 0 radical (unpaired) electrons. The summed E-state index contributed by atoms with van der Waals surface area (Å²) in [5.74, 6) is -0.330. The molecule has 0 aliphatic carbocycles. The summed E-state index contributed by atoms with van der Waals surface area (Å²) in [7, 11) is 0. The van der Waals surface area contributed by atoms with Crippen molar-refractivity contribution in [3.05, 3.63) is 10.6 Å². The molecule has 2 rings (SSSR count). The van der Waals surface area contributed by atoms with E-state index in [0.29, 0.717) is 12.3 Å². The van der Waals surface area contributed by atoms with Gasteiger partial charge in [0.15, 0.2) is 10.8 Å². The second-order valence-corrected chi connectivity index (χ2v) is 5.82. The van der Waals surface area contributed by atoms with Crippen molar-refractivity contribution in [1.82, 2.24) is 9.88 Å². The predicted octanol–water partition coefficient (Wildman–Crippen LogP) is 2.14. The average molecular weight is 283 g/mol. The number of likely N-dealkylation sites (tertiary alicyclic amines) is 1. The number of aromatic nitrogens is 1. The van der Waals surface area contributed by atoms with Crippen LogP contribution in [0, 0.1) is 6.92 Å². The maximum absolute atomic E-state index is 11.6. The molecule has 0 amide bonds. The highest BCUT2D eigenvalue weighted by molar-refractivity contribution is 7.15. The lowest BCUT2D eigenvalue weighted by molar-refractivity contribution is 0.0519. The maximum atomic E-state index is 11.6. The van der Waals surface area contributed by atoms with Gasteiger partial charge in [-0.1, -0.05) is 0 Å². The first-order chi connectivity index (χ1) is 9.20. The van der Waals surface area contributed by atoms with Crippen LogP contribution < -0.4 is 5.32 Å². The topological polar surface area (TPSA) is 54.5 Å². The number of carbonyl (C=O) groups excluding carboxylic acids is 1. The van der Waals surface area contributed by atoms with Gasteiger partial charge in [-0.15, -0.1) is 11.3 Å². The maximum Gasteiger partial charge on any atom is 0.358 e. The fourth-order valence-electron chi connectivity index (χ4n) is 2.19. The monoisotopic (exact) mass is 283 g/mol. The van der Waals surface area contributed by atoms with Crippen LogP contribution in [0.3, 0.4) is 0 Å². The predicted molar refractivity (Wildman–Crippen MR) is 77.0 cm³/mol. The van der Waals surface area contributed by atoms with E-state index in [1.165, 1.54) is 37.3 Å². The molecule has 19 heavy (non-hydrogen) atoms. The van der Waals surface area contributed by atoms with Crippen molar-refractivity contribution in [1.29, 1.82) is 0 Å². The Kier molecular flexibility index (Phi) is 5.15. The number of aryl methyl sites for hydroxylation is 1. The number of hydrogen-bond donors (Lipinski definition) is 1. The number of ether oxygens (including phenoxy) is 1. The Balaban J connectivity index is 1.83. The van der Waals surface area contributed by atoms with E-state index in [9.17, 15) is 4.79 Å². The minimum absolute atomic E-state index is 0.330. The summed E-state index contributed by atoms with van der Waals surface area (Å²) in [6.45, 7) is 8.39. The fourth-order valence-corrected chi connectivity index (χ4v) is 3.01. The summed E-state index contributed by atoms with van der Waals surface area (Å²) in [5.41, 5.74) is 0.440. The lowest BCUT2D eigenvalue weighted by atomic mass is 10.4. The molecule has 5 nitrogen and oxygen atoms in total. The molecule has 0 bridgehead atoms. The Morgan fingerprint density at radius 2 is 2.21 bits per heavy atom. The zero-order chi connectivity index (χ0) is 13.7. The molecular weight excluding hydrogens is 262 g/mol. The lowest BCUT2D eigenvalue weighted by Crippen LogP contribution is -2.25. The second kappa shape index (κ2) is 6.86. The van der Waals surface area contributed by atoms with Gasteiger partial charge in [-0.05, 0) is 39.8 Å². The molecule has 0 atom stereocenters. The van der Waals surface area contributed by atoms with E-state index in [-0.39, 0.29) is 5.97 Å². The number of thiazole rings is 1. The van der Waals surface area contributed by atoms with Crippen LogP contribution in [0.2, 0.25) is 0 Å². The van der Waals surface area contributed by atoms with Gasteiger partial charge < -0.3 is 15.0 Å². The number of nitrogens with one attached hydrogen (secondary N) is 1. The standard InChI is InChI=1S/C13H21N3O2S/c1-3-18-12(17)11-10(2)19-13(15-11)14-6-9-16-7-4-5-8-16/h3-9H2,1-2H3,(H,14,15). The summed E-state index contributed by atoms with van der Waals surface area (Å²) in [5, 5.41) is 4.09. The summed E-state index contributed by atoms with van der Waals surface area (Å²) in [6, 6.07) is 0. The Labute approximate surface area is 118 Å². The first kappa shape index (κ1) is 14.3. The molecule has 1 fully saturated rings. The normalized spacial score (nSPS) is 15.7. The van der Waals surface area contributed by atoms with Gasteiger partial charge in [-0.25, -0.2) is 9.78 Å². The van der Waals surface area contributed by atoms with Crippen LogP contribution in [0.25, 0.3) is 0 Å². The van der Waals surface area contributed by atoms with Crippen LogP contribution in [-0.2, 0) is 4.74 Å². The van der Waals surface area contributed by atoms with Crippen LogP contribution >= 0.6 is 11.3 Å². The molecule has 1 aromatic rings. The van der Waals surface area contributed by atoms with Gasteiger partial charge in [-0.2, -0.15) is 0 Å². The number of rotatable bonds is 6. The highest BCUT2D eigenvalue weighted by Gasteiger charge is 2.16. The molecule has 1 aromatic heterocycles. The largest absolute Gasteiger partial charge is 0.461 e. The highest BCUT2D eigenvalue weighted by atomic mass is 32.1. The molecule has 2 heterocycles. The molecule has 0 saturated carbocycles. The Morgan fingerprint density at radius 3 is 2.89 bits per heavy atom. The van der Waals surface area contributed by atoms with Crippen molar-refractivity contribution in [2.75, 3.05) is 38.1 Å². The molecule has 1 aliphatic rings. The van der Waals surface area contributed by atoms with E-state index in [1.54, 1.807) is 6.92 Å². The van der Waals surface area contributed by atoms with E-state index in [2.05, 4.69) is 15.2 Å². The molecule has 1 saturated heterocycles. The van der Waals surface area contributed by atoms with Gasteiger partial charge >= 0.3 is 5.97 Å². The summed E-state index contributed by atoms with van der Waals surface area (Å²) >= 11 is 1.51. The third-order valence-electron chi connectivity index (χ3n) is 3.17. The van der Waals surface area contributed by atoms with E-state index in [4.69, 9.17) is 4.74 Å². The van der Waals surface area contributed by atoms with Crippen LogP contribution in [0.1, 0.15) is 35.1 Å². The van der Waals surface area contributed by atoms with Gasteiger partial charge in [0.25, 0.3) is 0 Å². The summed E-state index contributed by atoms with van der Waals surface area (Å²) in [6.07, 6.45) is 2.62. The SMILES string of the molecule is CCOC(=O)c1nc(NCCN2CCCC2)sc1C. The second-order valence-electron chi connectivity index (χ2n) is 4.62. The quantitative estimate of drug-likeness (QED) is 0.811. The molecule has 1 N–H and O–H groups in total. The summed E-state index contributed by atoms with van der Waals surface area (Å²) in [4.78, 5) is 19.3.